The maximum atomic E-state index is 13.1. The van der Waals surface area contributed by atoms with Gasteiger partial charge in [0, 0.05) is 18.1 Å². The van der Waals surface area contributed by atoms with Crippen LogP contribution >= 0.6 is 0 Å². The molecule has 0 saturated carbocycles. The van der Waals surface area contributed by atoms with Crippen LogP contribution in [-0.2, 0) is 4.79 Å². The Hall–Kier alpha value is -3.61. The molecular weight excluding hydrogens is 335 g/mol. The molecule has 2 amide bonds. The van der Waals surface area contributed by atoms with E-state index in [1.165, 1.54) is 36.7 Å². The van der Waals surface area contributed by atoms with Gasteiger partial charge >= 0.3 is 0 Å². The maximum absolute atomic E-state index is 13.1. The molecule has 0 spiro atoms. The van der Waals surface area contributed by atoms with Gasteiger partial charge in [-0.25, -0.2) is 9.37 Å². The molecule has 0 saturated heterocycles. The number of benzene rings is 2. The second kappa shape index (κ2) is 7.52. The molecule has 3 rings (SSSR count). The summed E-state index contributed by atoms with van der Waals surface area (Å²) in [6.45, 7) is 0. The Balaban J connectivity index is 2.03. The number of carbonyl (C=O) groups is 2. The topological polar surface area (TPSA) is 98.0 Å². The predicted octanol–water partition coefficient (Wildman–Crippen LogP) is 2.49. The first-order chi connectivity index (χ1) is 12.6. The van der Waals surface area contributed by atoms with Gasteiger partial charge in [-0.1, -0.05) is 30.3 Å². The highest BCUT2D eigenvalue weighted by Gasteiger charge is 2.29. The zero-order valence-electron chi connectivity index (χ0n) is 13.6. The number of hydrogen-bond donors (Lipinski definition) is 2. The van der Waals surface area contributed by atoms with Crippen molar-refractivity contribution >= 4 is 17.5 Å². The summed E-state index contributed by atoms with van der Waals surface area (Å²) < 4.78 is 13.1. The van der Waals surface area contributed by atoms with Gasteiger partial charge in [0.25, 0.3) is 5.91 Å². The van der Waals surface area contributed by atoms with Gasteiger partial charge in [0.05, 0.1) is 5.69 Å². The molecule has 7 heteroatoms. The molecule has 1 atom stereocenters. The summed E-state index contributed by atoms with van der Waals surface area (Å²) >= 11 is 0. The number of nitrogens with two attached hydrogens (primary N) is 1. The van der Waals surface area contributed by atoms with Crippen molar-refractivity contribution in [2.24, 2.45) is 5.73 Å². The van der Waals surface area contributed by atoms with Crippen LogP contribution in [0.25, 0.3) is 0 Å². The van der Waals surface area contributed by atoms with E-state index in [-0.39, 0.29) is 11.4 Å². The fourth-order valence-corrected chi connectivity index (χ4v) is 2.58. The van der Waals surface area contributed by atoms with Crippen LogP contribution in [0.1, 0.15) is 27.7 Å². The quantitative estimate of drug-likeness (QED) is 0.738. The van der Waals surface area contributed by atoms with Gasteiger partial charge in [0.1, 0.15) is 11.7 Å². The zero-order valence-corrected chi connectivity index (χ0v) is 13.6. The number of halogens is 1. The normalized spacial score (nSPS) is 11.6. The highest BCUT2D eigenvalue weighted by atomic mass is 19.1. The molecule has 26 heavy (non-hydrogen) atoms. The Morgan fingerprint density at radius 2 is 1.62 bits per heavy atom. The number of nitrogens with one attached hydrogen (secondary N) is 1. The van der Waals surface area contributed by atoms with E-state index in [4.69, 9.17) is 5.73 Å². The summed E-state index contributed by atoms with van der Waals surface area (Å²) in [5.41, 5.74) is 6.51. The smallest absolute Gasteiger partial charge is 0.269 e. The lowest BCUT2D eigenvalue weighted by Crippen LogP contribution is -2.27. The number of primary amides is 1. The number of rotatable bonds is 5. The maximum Gasteiger partial charge on any atom is 0.269 e. The molecular formula is C19H15FN4O2. The average molecular weight is 350 g/mol. The van der Waals surface area contributed by atoms with Crippen molar-refractivity contribution in [3.63, 3.8) is 0 Å². The molecule has 1 heterocycles. The lowest BCUT2D eigenvalue weighted by Gasteiger charge is -2.18. The number of carbonyl (C=O) groups excluding carboxylic acids is 2. The van der Waals surface area contributed by atoms with Gasteiger partial charge in [-0.15, -0.1) is 0 Å². The minimum Gasteiger partial charge on any atom is -0.364 e. The fraction of sp³-hybridized carbons (Fsp3) is 0.0526. The van der Waals surface area contributed by atoms with E-state index in [2.05, 4.69) is 15.3 Å². The second-order valence-corrected chi connectivity index (χ2v) is 5.49. The van der Waals surface area contributed by atoms with E-state index in [0.717, 1.165) is 0 Å². The zero-order chi connectivity index (χ0) is 18.5. The van der Waals surface area contributed by atoms with Gasteiger partial charge in [-0.3, -0.25) is 14.6 Å². The molecule has 0 unspecified atom stereocenters. The number of nitrogens with zero attached hydrogens (tertiary/aromatic N) is 2. The SMILES string of the molecule is NC(=O)c1nccnc1[C@H](C(=O)Nc1ccc(F)cc1)c1ccccc1. The summed E-state index contributed by atoms with van der Waals surface area (Å²) in [5.74, 6) is -2.53. The highest BCUT2D eigenvalue weighted by Crippen LogP contribution is 2.26. The standard InChI is InChI=1S/C19H15FN4O2/c20-13-6-8-14(9-7-13)24-19(26)15(12-4-2-1-3-5-12)16-17(18(21)25)23-11-10-22-16/h1-11,15H,(H2,21,25)(H,24,26)/t15-/m1/s1. The van der Waals surface area contributed by atoms with Crippen LogP contribution in [0, 0.1) is 5.82 Å². The van der Waals surface area contributed by atoms with Crippen molar-refractivity contribution in [2.45, 2.75) is 5.92 Å². The van der Waals surface area contributed by atoms with Crippen molar-refractivity contribution in [3.8, 4) is 0 Å². The van der Waals surface area contributed by atoms with Crippen LogP contribution in [0.15, 0.2) is 67.0 Å². The van der Waals surface area contributed by atoms with E-state index in [9.17, 15) is 14.0 Å². The Kier molecular flexibility index (Phi) is 4.98. The first kappa shape index (κ1) is 17.2. The predicted molar refractivity (Wildman–Crippen MR) is 93.9 cm³/mol. The van der Waals surface area contributed by atoms with E-state index >= 15 is 0 Å². The highest BCUT2D eigenvalue weighted by molar-refractivity contribution is 6.00. The Bertz CT molecular complexity index is 930. The van der Waals surface area contributed by atoms with Crippen LogP contribution in [-0.4, -0.2) is 21.8 Å². The first-order valence-electron chi connectivity index (χ1n) is 7.78. The van der Waals surface area contributed by atoms with Crippen LogP contribution < -0.4 is 11.1 Å². The van der Waals surface area contributed by atoms with E-state index in [1.54, 1.807) is 24.3 Å². The molecule has 2 aromatic carbocycles. The molecule has 0 bridgehead atoms. The number of hydrogen-bond acceptors (Lipinski definition) is 4. The van der Waals surface area contributed by atoms with Crippen LogP contribution in [0.4, 0.5) is 10.1 Å². The van der Waals surface area contributed by atoms with Crippen LogP contribution in [0.3, 0.4) is 0 Å². The van der Waals surface area contributed by atoms with Gasteiger partial charge in [0.15, 0.2) is 5.69 Å². The summed E-state index contributed by atoms with van der Waals surface area (Å²) in [7, 11) is 0. The molecule has 0 aliphatic heterocycles. The third kappa shape index (κ3) is 3.72. The molecule has 3 aromatic rings. The molecule has 130 valence electrons. The van der Waals surface area contributed by atoms with E-state index in [0.29, 0.717) is 11.3 Å². The van der Waals surface area contributed by atoms with E-state index in [1.807, 2.05) is 6.07 Å². The average Bonchev–Trinajstić information content (AvgIpc) is 2.65. The van der Waals surface area contributed by atoms with Gasteiger partial charge in [-0.05, 0) is 29.8 Å². The van der Waals surface area contributed by atoms with Crippen molar-refractivity contribution < 1.29 is 14.0 Å². The van der Waals surface area contributed by atoms with Gasteiger partial charge in [-0.2, -0.15) is 0 Å². The molecule has 3 N–H and O–H groups in total. The molecule has 0 fully saturated rings. The molecule has 1 aromatic heterocycles. The summed E-state index contributed by atoms with van der Waals surface area (Å²) in [4.78, 5) is 32.8. The second-order valence-electron chi connectivity index (χ2n) is 5.49. The van der Waals surface area contributed by atoms with Crippen molar-refractivity contribution in [2.75, 3.05) is 5.32 Å². The molecule has 0 radical (unpaired) electrons. The lowest BCUT2D eigenvalue weighted by atomic mass is 9.92. The third-order valence-corrected chi connectivity index (χ3v) is 3.74. The summed E-state index contributed by atoms with van der Waals surface area (Å²) in [5, 5.41) is 2.71. The van der Waals surface area contributed by atoms with Crippen molar-refractivity contribution in [1.29, 1.82) is 0 Å². The van der Waals surface area contributed by atoms with Crippen LogP contribution in [0.2, 0.25) is 0 Å². The molecule has 0 aliphatic carbocycles. The van der Waals surface area contributed by atoms with Crippen LogP contribution in [0.5, 0.6) is 0 Å². The monoisotopic (exact) mass is 350 g/mol. The van der Waals surface area contributed by atoms with Gasteiger partial charge in [0.2, 0.25) is 5.91 Å². The minimum atomic E-state index is -0.905. The van der Waals surface area contributed by atoms with Crippen molar-refractivity contribution in [1.82, 2.24) is 9.97 Å². The minimum absolute atomic E-state index is 0.0735. The molecule has 0 aliphatic rings. The first-order valence-corrected chi connectivity index (χ1v) is 7.78. The number of anilines is 1. The Labute approximate surface area is 148 Å². The summed E-state index contributed by atoms with van der Waals surface area (Å²) in [6.07, 6.45) is 2.73. The largest absolute Gasteiger partial charge is 0.364 e. The third-order valence-electron chi connectivity index (χ3n) is 3.74. The molecule has 6 nitrogen and oxygen atoms in total. The fourth-order valence-electron chi connectivity index (χ4n) is 2.58. The lowest BCUT2D eigenvalue weighted by molar-refractivity contribution is -0.116. The van der Waals surface area contributed by atoms with E-state index < -0.39 is 23.5 Å². The Morgan fingerprint density at radius 1 is 0.962 bits per heavy atom. The number of amides is 2. The summed E-state index contributed by atoms with van der Waals surface area (Å²) in [6, 6.07) is 14.2. The Morgan fingerprint density at radius 3 is 2.27 bits per heavy atom. The number of aromatic nitrogens is 2. The van der Waals surface area contributed by atoms with Gasteiger partial charge < -0.3 is 11.1 Å². The van der Waals surface area contributed by atoms with Crippen molar-refractivity contribution in [3.05, 3.63) is 89.8 Å².